The van der Waals surface area contributed by atoms with E-state index in [-0.39, 0.29) is 34.7 Å². The second-order valence-corrected chi connectivity index (χ2v) is 8.46. The van der Waals surface area contributed by atoms with Crippen LogP contribution in [0.3, 0.4) is 0 Å². The monoisotopic (exact) mass is 525 g/mol. The zero-order chi connectivity index (χ0) is 27.2. The highest BCUT2D eigenvalue weighted by molar-refractivity contribution is 6.01. The summed E-state index contributed by atoms with van der Waals surface area (Å²) in [6.07, 6.45) is -3.71. The van der Waals surface area contributed by atoms with Gasteiger partial charge in [-0.1, -0.05) is 30.3 Å². The lowest BCUT2D eigenvalue weighted by Gasteiger charge is -2.39. The third-order valence-corrected chi connectivity index (χ3v) is 6.15. The Labute approximate surface area is 212 Å². The maximum absolute atomic E-state index is 13.6. The second-order valence-electron chi connectivity index (χ2n) is 8.46. The van der Waals surface area contributed by atoms with Crippen molar-refractivity contribution in [1.82, 2.24) is 19.9 Å². The summed E-state index contributed by atoms with van der Waals surface area (Å²) < 4.78 is 46.0. The van der Waals surface area contributed by atoms with Crippen molar-refractivity contribution >= 4 is 35.0 Å². The Morgan fingerprint density at radius 2 is 1.92 bits per heavy atom. The molecule has 2 amide bonds. The Hall–Kier alpha value is -4.94. The largest absolute Gasteiger partial charge is 0.491 e. The van der Waals surface area contributed by atoms with Gasteiger partial charge in [0.1, 0.15) is 0 Å². The number of imidazole rings is 1. The average molecular weight is 525 g/mol. The summed E-state index contributed by atoms with van der Waals surface area (Å²) in [5.41, 5.74) is -1.19. The molecule has 10 nitrogen and oxygen atoms in total. The van der Waals surface area contributed by atoms with E-state index in [1.807, 2.05) is 0 Å². The van der Waals surface area contributed by atoms with Crippen LogP contribution in [0.25, 0.3) is 11.0 Å². The summed E-state index contributed by atoms with van der Waals surface area (Å²) >= 11 is 0. The van der Waals surface area contributed by atoms with E-state index >= 15 is 0 Å². The van der Waals surface area contributed by atoms with Crippen LogP contribution in [0.5, 0.6) is 0 Å². The highest BCUT2D eigenvalue weighted by atomic mass is 19.4. The Kier molecular flexibility index (Phi) is 5.77. The molecule has 0 fully saturated rings. The van der Waals surface area contributed by atoms with Crippen LogP contribution < -0.4 is 4.90 Å². The van der Waals surface area contributed by atoms with Gasteiger partial charge in [0.05, 0.1) is 17.6 Å². The molecular weight excluding hydrogens is 507 g/mol. The van der Waals surface area contributed by atoms with Crippen molar-refractivity contribution in [3.63, 3.8) is 0 Å². The molecule has 1 aliphatic rings. The molecule has 0 aliphatic carbocycles. The number of esters is 1. The minimum Gasteiger partial charge on any atom is -0.465 e. The number of halogens is 3. The first-order valence-electron chi connectivity index (χ1n) is 11.1. The first kappa shape index (κ1) is 24.7. The van der Waals surface area contributed by atoms with Crippen molar-refractivity contribution in [3.8, 4) is 0 Å². The number of aromatic nitrogens is 3. The first-order valence-corrected chi connectivity index (χ1v) is 11.1. The van der Waals surface area contributed by atoms with Crippen LogP contribution in [-0.4, -0.2) is 56.2 Å². The fourth-order valence-corrected chi connectivity index (χ4v) is 4.39. The molecule has 2 aromatic heterocycles. The molecule has 0 radical (unpaired) electrons. The van der Waals surface area contributed by atoms with Crippen LogP contribution in [0.4, 0.5) is 23.9 Å². The number of rotatable bonds is 5. The summed E-state index contributed by atoms with van der Waals surface area (Å²) in [6.45, 7) is -0.236. The van der Waals surface area contributed by atoms with Crippen molar-refractivity contribution in [2.75, 3.05) is 11.9 Å². The van der Waals surface area contributed by atoms with E-state index in [1.54, 1.807) is 18.2 Å². The number of alkyl halides is 3. The van der Waals surface area contributed by atoms with E-state index in [2.05, 4.69) is 15.0 Å². The number of fused-ring (bicyclic) bond motifs is 2. The van der Waals surface area contributed by atoms with Gasteiger partial charge < -0.3 is 14.8 Å². The van der Waals surface area contributed by atoms with E-state index in [9.17, 15) is 32.7 Å². The van der Waals surface area contributed by atoms with Gasteiger partial charge in [0.25, 0.3) is 5.91 Å². The Bertz CT molecular complexity index is 1570. The number of H-pyrrole nitrogens is 1. The van der Waals surface area contributed by atoms with Gasteiger partial charge >= 0.3 is 18.2 Å². The van der Waals surface area contributed by atoms with Crippen LogP contribution >= 0.6 is 0 Å². The predicted molar refractivity (Wildman–Crippen MR) is 126 cm³/mol. The Morgan fingerprint density at radius 3 is 2.61 bits per heavy atom. The highest BCUT2D eigenvalue weighted by Crippen LogP contribution is 2.47. The zero-order valence-corrected chi connectivity index (χ0v) is 19.6. The number of nitrogens with one attached hydrogen (secondary N) is 1. The van der Waals surface area contributed by atoms with Gasteiger partial charge in [-0.3, -0.25) is 19.6 Å². The molecule has 2 N–H and O–H groups in total. The molecule has 1 unspecified atom stereocenters. The molecule has 194 valence electrons. The third-order valence-electron chi connectivity index (χ3n) is 6.15. The molecule has 13 heteroatoms. The van der Waals surface area contributed by atoms with Crippen molar-refractivity contribution in [2.45, 2.75) is 18.4 Å². The number of ether oxygens (including phenoxy) is 1. The van der Waals surface area contributed by atoms with Crippen LogP contribution in [0.1, 0.15) is 27.0 Å². The molecule has 38 heavy (non-hydrogen) atoms. The molecule has 0 saturated carbocycles. The van der Waals surface area contributed by atoms with Gasteiger partial charge in [-0.25, -0.2) is 14.6 Å². The van der Waals surface area contributed by atoms with Crippen molar-refractivity contribution in [2.24, 2.45) is 0 Å². The number of nitrogens with zero attached hydrogens (tertiary/aromatic N) is 4. The molecule has 4 aromatic rings. The summed E-state index contributed by atoms with van der Waals surface area (Å²) in [7, 11) is 1.26. The number of anilines is 1. The summed E-state index contributed by atoms with van der Waals surface area (Å²) in [5, 5.41) is 9.27. The maximum Gasteiger partial charge on any atom is 0.491 e. The van der Waals surface area contributed by atoms with E-state index in [0.717, 1.165) is 9.80 Å². The smallest absolute Gasteiger partial charge is 0.465 e. The number of carbonyl (C=O) groups is 3. The Balaban J connectivity index is 1.75. The second kappa shape index (κ2) is 8.87. The average Bonchev–Trinajstić information content (AvgIpc) is 3.42. The lowest BCUT2D eigenvalue weighted by Crippen LogP contribution is -2.49. The fraction of sp³-hybridized carbons (Fsp3) is 0.160. The van der Waals surface area contributed by atoms with Crippen molar-refractivity contribution in [1.29, 1.82) is 0 Å². The van der Waals surface area contributed by atoms with Crippen molar-refractivity contribution in [3.05, 3.63) is 89.2 Å². The minimum atomic E-state index is -5.36. The number of benzene rings is 2. The lowest BCUT2D eigenvalue weighted by molar-refractivity contribution is -0.222. The van der Waals surface area contributed by atoms with Gasteiger partial charge in [0.2, 0.25) is 11.7 Å². The van der Waals surface area contributed by atoms with Gasteiger partial charge in [-0.05, 0) is 29.8 Å². The van der Waals surface area contributed by atoms with Crippen LogP contribution in [0.15, 0.2) is 67.0 Å². The molecule has 5 rings (SSSR count). The molecule has 0 spiro atoms. The number of amides is 2. The minimum absolute atomic E-state index is 0.0120. The van der Waals surface area contributed by atoms with Crippen LogP contribution in [-0.2, 0) is 21.8 Å². The van der Waals surface area contributed by atoms with Gasteiger partial charge in [0, 0.05) is 36.1 Å². The number of aromatic amines is 1. The summed E-state index contributed by atoms with van der Waals surface area (Å²) in [5.74, 6) is -3.19. The van der Waals surface area contributed by atoms with E-state index < -0.39 is 29.9 Å². The number of carbonyl (C=O) groups excluding carboxylic acids is 2. The number of hydrogen-bond donors (Lipinski definition) is 2. The number of hydrogen-bond acceptors (Lipinski definition) is 6. The molecule has 1 atom stereocenters. The van der Waals surface area contributed by atoms with Crippen molar-refractivity contribution < 1.29 is 37.4 Å². The number of pyridine rings is 1. The highest BCUT2D eigenvalue weighted by Gasteiger charge is 2.57. The van der Waals surface area contributed by atoms with Crippen LogP contribution in [0, 0.1) is 0 Å². The summed E-state index contributed by atoms with van der Waals surface area (Å²) in [4.78, 5) is 50.2. The molecular formula is C25H18F3N5O5. The zero-order valence-electron chi connectivity index (χ0n) is 19.6. The topological polar surface area (TPSA) is 129 Å². The normalized spacial score (nSPS) is 16.9. The molecule has 0 saturated heterocycles. The lowest BCUT2D eigenvalue weighted by atomic mass is 9.92. The molecule has 2 aromatic carbocycles. The van der Waals surface area contributed by atoms with Gasteiger partial charge in [-0.2, -0.15) is 13.2 Å². The predicted octanol–water partition coefficient (Wildman–Crippen LogP) is 4.03. The molecule has 1 aliphatic heterocycles. The van der Waals surface area contributed by atoms with E-state index in [1.165, 1.54) is 55.8 Å². The molecule has 0 bridgehead atoms. The number of carboxylic acid groups (broad SMARTS) is 1. The SMILES string of the molecule is CN(C(=O)O)c1nc2ccc(C3(OC(=O)C(F)(F)F)c4ccccc4C(=O)N3Cc3cccnc3)cc2[nH]1. The van der Waals surface area contributed by atoms with E-state index in [0.29, 0.717) is 11.1 Å². The quantitative estimate of drug-likeness (QED) is 0.377. The first-order chi connectivity index (χ1) is 18.0. The Morgan fingerprint density at radius 1 is 1.16 bits per heavy atom. The maximum atomic E-state index is 13.6. The van der Waals surface area contributed by atoms with Crippen LogP contribution in [0.2, 0.25) is 0 Å². The molecule has 3 heterocycles. The van der Waals surface area contributed by atoms with E-state index in [4.69, 9.17) is 4.74 Å². The van der Waals surface area contributed by atoms with Gasteiger partial charge in [-0.15, -0.1) is 0 Å². The summed E-state index contributed by atoms with van der Waals surface area (Å²) in [6, 6.07) is 13.3. The standard InChI is InChI=1S/C25H18F3N5O5/c1-32(23(36)37)22-30-18-9-8-15(11-19(18)31-22)24(38-21(35)25(26,27)28)17-7-3-2-6-16(17)20(34)33(24)13-14-5-4-10-29-12-14/h2-12H,13H2,1H3,(H,30,31)(H,36,37). The third kappa shape index (κ3) is 3.97. The fourth-order valence-electron chi connectivity index (χ4n) is 4.39. The van der Waals surface area contributed by atoms with Gasteiger partial charge in [0.15, 0.2) is 0 Å².